The quantitative estimate of drug-likeness (QED) is 0.656. The van der Waals surface area contributed by atoms with E-state index < -0.39 is 10.7 Å². The molecule has 0 spiro atoms. The molecule has 3 rings (SSSR count). The largest absolute Gasteiger partial charge is 0.363 e. The number of piperazine rings is 1. The summed E-state index contributed by atoms with van der Waals surface area (Å²) in [7, 11) is 0. The molecule has 2 saturated heterocycles. The smallest absolute Gasteiger partial charge is 0.293 e. The molecule has 1 aromatic rings. The third kappa shape index (κ3) is 2.88. The zero-order valence-corrected chi connectivity index (χ0v) is 13.0. The number of hydrogen-bond acceptors (Lipinski definition) is 5. The van der Waals surface area contributed by atoms with E-state index >= 15 is 0 Å². The van der Waals surface area contributed by atoms with E-state index in [1.807, 2.05) is 4.90 Å². The van der Waals surface area contributed by atoms with Crippen LogP contribution in [0.15, 0.2) is 16.6 Å². The van der Waals surface area contributed by atoms with Gasteiger partial charge in [0.2, 0.25) is 0 Å². The standard InChI is InChI=1S/C13H16BrFN4O2/c14-10-5-13(19(20)21)12(6-11(10)15)18-3-1-17(2-4-18)9-7-16-8-9/h5-6,9,16H,1-4,7-8H2. The van der Waals surface area contributed by atoms with E-state index in [4.69, 9.17) is 0 Å². The van der Waals surface area contributed by atoms with Gasteiger partial charge in [-0.05, 0) is 15.9 Å². The molecular weight excluding hydrogens is 343 g/mol. The molecule has 0 bridgehead atoms. The molecule has 114 valence electrons. The van der Waals surface area contributed by atoms with E-state index in [1.54, 1.807) is 0 Å². The van der Waals surface area contributed by atoms with Gasteiger partial charge in [0.05, 0.1) is 9.40 Å². The van der Waals surface area contributed by atoms with E-state index in [-0.39, 0.29) is 10.2 Å². The van der Waals surface area contributed by atoms with Crippen molar-refractivity contribution >= 4 is 27.3 Å². The van der Waals surface area contributed by atoms with E-state index in [9.17, 15) is 14.5 Å². The zero-order valence-electron chi connectivity index (χ0n) is 11.4. The van der Waals surface area contributed by atoms with E-state index in [1.165, 1.54) is 12.1 Å². The van der Waals surface area contributed by atoms with Gasteiger partial charge in [0.1, 0.15) is 11.5 Å². The normalized spacial score (nSPS) is 20.4. The highest BCUT2D eigenvalue weighted by atomic mass is 79.9. The lowest BCUT2D eigenvalue weighted by Crippen LogP contribution is -2.61. The SMILES string of the molecule is O=[N+]([O-])c1cc(Br)c(F)cc1N1CCN(C2CNC2)CC1. The first kappa shape index (κ1) is 14.7. The molecule has 0 saturated carbocycles. The van der Waals surface area contributed by atoms with Crippen LogP contribution in [0.3, 0.4) is 0 Å². The number of nitrogens with zero attached hydrogens (tertiary/aromatic N) is 3. The molecule has 0 amide bonds. The van der Waals surface area contributed by atoms with Crippen LogP contribution < -0.4 is 10.2 Å². The van der Waals surface area contributed by atoms with Crippen LogP contribution in [0.1, 0.15) is 0 Å². The van der Waals surface area contributed by atoms with Gasteiger partial charge in [0, 0.05) is 57.4 Å². The summed E-state index contributed by atoms with van der Waals surface area (Å²) in [5.74, 6) is -0.471. The molecule has 0 atom stereocenters. The molecule has 21 heavy (non-hydrogen) atoms. The summed E-state index contributed by atoms with van der Waals surface area (Å²) in [5, 5.41) is 14.4. The van der Waals surface area contributed by atoms with Crippen LogP contribution in [0.25, 0.3) is 0 Å². The van der Waals surface area contributed by atoms with Gasteiger partial charge >= 0.3 is 0 Å². The van der Waals surface area contributed by atoms with E-state index in [2.05, 4.69) is 26.1 Å². The Kier molecular flexibility index (Phi) is 4.10. The van der Waals surface area contributed by atoms with Crippen molar-refractivity contribution in [1.82, 2.24) is 10.2 Å². The summed E-state index contributed by atoms with van der Waals surface area (Å²) in [6.45, 7) is 5.07. The number of nitro groups is 1. The van der Waals surface area contributed by atoms with Crippen molar-refractivity contribution < 1.29 is 9.31 Å². The number of nitrogens with one attached hydrogen (secondary N) is 1. The molecule has 2 aliphatic rings. The molecular formula is C13H16BrFN4O2. The summed E-state index contributed by atoms with van der Waals surface area (Å²) in [6.07, 6.45) is 0. The minimum atomic E-state index is -0.471. The number of hydrogen-bond donors (Lipinski definition) is 1. The second kappa shape index (κ2) is 5.86. The van der Waals surface area contributed by atoms with Crippen molar-refractivity contribution in [2.45, 2.75) is 6.04 Å². The monoisotopic (exact) mass is 358 g/mol. The van der Waals surface area contributed by atoms with Gasteiger partial charge in [-0.3, -0.25) is 15.0 Å². The first-order valence-electron chi connectivity index (χ1n) is 6.89. The average Bonchev–Trinajstić information content (AvgIpc) is 2.40. The molecule has 0 unspecified atom stereocenters. The number of nitro benzene ring substituents is 1. The first-order valence-corrected chi connectivity index (χ1v) is 7.68. The van der Waals surface area contributed by atoms with Crippen molar-refractivity contribution in [2.75, 3.05) is 44.2 Å². The Bertz CT molecular complexity index is 559. The van der Waals surface area contributed by atoms with Crippen LogP contribution in [-0.4, -0.2) is 55.1 Å². The van der Waals surface area contributed by atoms with Crippen LogP contribution in [0.2, 0.25) is 0 Å². The molecule has 0 radical (unpaired) electrons. The molecule has 2 heterocycles. The molecule has 1 aromatic carbocycles. The van der Waals surface area contributed by atoms with Crippen molar-refractivity contribution in [3.8, 4) is 0 Å². The summed E-state index contributed by atoms with van der Waals surface area (Å²) < 4.78 is 13.9. The lowest BCUT2D eigenvalue weighted by molar-refractivity contribution is -0.384. The third-order valence-corrected chi connectivity index (χ3v) is 4.75. The molecule has 0 aromatic heterocycles. The Labute approximate surface area is 130 Å². The van der Waals surface area contributed by atoms with E-state index in [0.29, 0.717) is 24.8 Å². The number of rotatable bonds is 3. The Morgan fingerprint density at radius 3 is 2.48 bits per heavy atom. The summed E-state index contributed by atoms with van der Waals surface area (Å²) in [4.78, 5) is 15.0. The van der Waals surface area contributed by atoms with Gasteiger partial charge in [-0.1, -0.05) is 0 Å². The Balaban J connectivity index is 1.77. The zero-order chi connectivity index (χ0) is 15.0. The van der Waals surface area contributed by atoms with Crippen molar-refractivity contribution in [2.24, 2.45) is 0 Å². The van der Waals surface area contributed by atoms with Crippen LogP contribution in [0.4, 0.5) is 15.8 Å². The summed E-state index contributed by atoms with van der Waals surface area (Å²) >= 11 is 3.00. The maximum absolute atomic E-state index is 13.7. The maximum atomic E-state index is 13.7. The van der Waals surface area contributed by atoms with Crippen molar-refractivity contribution in [1.29, 1.82) is 0 Å². The Morgan fingerprint density at radius 2 is 1.95 bits per heavy atom. The van der Waals surface area contributed by atoms with Crippen molar-refractivity contribution in [3.63, 3.8) is 0 Å². The topological polar surface area (TPSA) is 61.7 Å². The first-order chi connectivity index (χ1) is 10.1. The highest BCUT2D eigenvalue weighted by Gasteiger charge is 2.30. The van der Waals surface area contributed by atoms with Gasteiger partial charge in [-0.2, -0.15) is 0 Å². The molecule has 8 heteroatoms. The summed E-state index contributed by atoms with van der Waals surface area (Å²) in [5.41, 5.74) is 0.314. The van der Waals surface area contributed by atoms with Crippen molar-refractivity contribution in [3.05, 3.63) is 32.5 Å². The lowest BCUT2D eigenvalue weighted by Gasteiger charge is -2.43. The lowest BCUT2D eigenvalue weighted by atomic mass is 10.1. The maximum Gasteiger partial charge on any atom is 0.293 e. The molecule has 2 fully saturated rings. The minimum Gasteiger partial charge on any atom is -0.363 e. The fraction of sp³-hybridized carbons (Fsp3) is 0.538. The van der Waals surface area contributed by atoms with Gasteiger partial charge in [0.15, 0.2) is 0 Å². The van der Waals surface area contributed by atoms with Crippen LogP contribution in [-0.2, 0) is 0 Å². The van der Waals surface area contributed by atoms with Gasteiger partial charge in [0.25, 0.3) is 5.69 Å². The van der Waals surface area contributed by atoms with E-state index in [0.717, 1.165) is 26.2 Å². The summed E-state index contributed by atoms with van der Waals surface area (Å²) in [6, 6.07) is 3.07. The predicted molar refractivity (Wildman–Crippen MR) is 81.2 cm³/mol. The fourth-order valence-corrected chi connectivity index (χ4v) is 3.12. The van der Waals surface area contributed by atoms with Gasteiger partial charge < -0.3 is 10.2 Å². The predicted octanol–water partition coefficient (Wildman–Crippen LogP) is 1.59. The number of benzene rings is 1. The molecule has 1 N–H and O–H groups in total. The second-order valence-corrected chi connectivity index (χ2v) is 6.20. The fourth-order valence-electron chi connectivity index (χ4n) is 2.78. The number of anilines is 1. The van der Waals surface area contributed by atoms with Crippen LogP contribution in [0.5, 0.6) is 0 Å². The van der Waals surface area contributed by atoms with Crippen LogP contribution in [0, 0.1) is 15.9 Å². The average molecular weight is 359 g/mol. The number of halogens is 2. The highest BCUT2D eigenvalue weighted by molar-refractivity contribution is 9.10. The Morgan fingerprint density at radius 1 is 1.29 bits per heavy atom. The second-order valence-electron chi connectivity index (χ2n) is 5.35. The van der Waals surface area contributed by atoms with Gasteiger partial charge in [-0.25, -0.2) is 4.39 Å². The Hall–Kier alpha value is -1.25. The highest BCUT2D eigenvalue weighted by Crippen LogP contribution is 2.34. The molecule has 2 aliphatic heterocycles. The molecule has 0 aliphatic carbocycles. The minimum absolute atomic E-state index is 0.0537. The van der Waals surface area contributed by atoms with Gasteiger partial charge in [-0.15, -0.1) is 0 Å². The molecule has 6 nitrogen and oxygen atoms in total. The third-order valence-electron chi connectivity index (χ3n) is 4.15. The van der Waals surface area contributed by atoms with Crippen LogP contribution >= 0.6 is 15.9 Å².